The van der Waals surface area contributed by atoms with Crippen molar-refractivity contribution in [2.45, 2.75) is 38.3 Å². The molecule has 2 aliphatic rings. The highest BCUT2D eigenvalue weighted by molar-refractivity contribution is 7.91. The van der Waals surface area contributed by atoms with Gasteiger partial charge in [0.1, 0.15) is 6.04 Å². The third kappa shape index (κ3) is 2.96. The maximum absolute atomic E-state index is 12.8. The van der Waals surface area contributed by atoms with Crippen LogP contribution in [0.15, 0.2) is 30.3 Å². The van der Waals surface area contributed by atoms with Gasteiger partial charge in [0.25, 0.3) is 0 Å². The van der Waals surface area contributed by atoms with Crippen molar-refractivity contribution < 1.29 is 13.2 Å². The lowest BCUT2D eigenvalue weighted by molar-refractivity contribution is -0.131. The fraction of sp³-hybridized carbons (Fsp3) is 0.450. The Bertz CT molecular complexity index is 974. The van der Waals surface area contributed by atoms with Gasteiger partial charge in [0.2, 0.25) is 5.91 Å². The first-order chi connectivity index (χ1) is 12.4. The van der Waals surface area contributed by atoms with Crippen molar-refractivity contribution in [2.24, 2.45) is 0 Å². The number of sulfone groups is 1. The molecule has 0 bridgehead atoms. The van der Waals surface area contributed by atoms with E-state index in [2.05, 4.69) is 35.6 Å². The minimum absolute atomic E-state index is 0.0724. The summed E-state index contributed by atoms with van der Waals surface area (Å²) in [7, 11) is -1.30. The quantitative estimate of drug-likeness (QED) is 0.895. The average Bonchev–Trinajstić information content (AvgIpc) is 3.20. The van der Waals surface area contributed by atoms with Gasteiger partial charge in [-0.15, -0.1) is 0 Å². The largest absolute Gasteiger partial charge is 0.373 e. The molecule has 5 nitrogen and oxygen atoms in total. The van der Waals surface area contributed by atoms with Crippen molar-refractivity contribution in [1.29, 1.82) is 0 Å². The Morgan fingerprint density at radius 3 is 2.62 bits per heavy atom. The summed E-state index contributed by atoms with van der Waals surface area (Å²) in [4.78, 5) is 14.4. The third-order valence-electron chi connectivity index (χ3n) is 5.72. The van der Waals surface area contributed by atoms with Gasteiger partial charge in [-0.2, -0.15) is 0 Å². The Hall–Kier alpha value is -2.08. The lowest BCUT2D eigenvalue weighted by Crippen LogP contribution is -2.45. The monoisotopic (exact) mass is 372 g/mol. The second-order valence-electron chi connectivity index (χ2n) is 7.48. The molecule has 1 saturated heterocycles. The fourth-order valence-electron chi connectivity index (χ4n) is 4.23. The maximum Gasteiger partial charge on any atom is 0.244 e. The Kier molecular flexibility index (Phi) is 4.18. The smallest absolute Gasteiger partial charge is 0.244 e. The molecule has 2 aromatic rings. The van der Waals surface area contributed by atoms with Gasteiger partial charge < -0.3 is 10.2 Å². The van der Waals surface area contributed by atoms with Crippen molar-refractivity contribution in [3.05, 3.63) is 41.5 Å². The normalized spacial score (nSPS) is 21.7. The molecule has 1 heterocycles. The number of amides is 1. The number of hydrogen-bond acceptors (Lipinski definition) is 4. The molecule has 1 N–H and O–H groups in total. The van der Waals surface area contributed by atoms with Crippen LogP contribution in [0, 0.1) is 0 Å². The van der Waals surface area contributed by atoms with Gasteiger partial charge in [0, 0.05) is 24.2 Å². The van der Waals surface area contributed by atoms with E-state index in [0.717, 1.165) is 23.9 Å². The van der Waals surface area contributed by atoms with E-state index in [4.69, 9.17) is 0 Å². The van der Waals surface area contributed by atoms with Crippen LogP contribution in [-0.4, -0.2) is 49.9 Å². The van der Waals surface area contributed by atoms with E-state index in [-0.39, 0.29) is 23.5 Å². The van der Waals surface area contributed by atoms with Crippen LogP contribution in [0.2, 0.25) is 0 Å². The molecule has 1 fully saturated rings. The molecule has 4 rings (SSSR count). The zero-order chi connectivity index (χ0) is 18.5. The summed E-state index contributed by atoms with van der Waals surface area (Å²) >= 11 is 0. The first-order valence-electron chi connectivity index (χ1n) is 9.13. The van der Waals surface area contributed by atoms with Crippen LogP contribution in [0.3, 0.4) is 0 Å². The maximum atomic E-state index is 12.8. The van der Waals surface area contributed by atoms with E-state index >= 15 is 0 Å². The van der Waals surface area contributed by atoms with E-state index in [1.54, 1.807) is 11.9 Å². The molecule has 138 valence electrons. The molecule has 0 unspecified atom stereocenters. The van der Waals surface area contributed by atoms with Crippen molar-refractivity contribution in [1.82, 2.24) is 4.90 Å². The molecule has 0 saturated carbocycles. The molecule has 0 aromatic heterocycles. The molecule has 2 aromatic carbocycles. The molecule has 1 amide bonds. The molecule has 1 aliphatic heterocycles. The average molecular weight is 372 g/mol. The Balaban J connectivity index is 1.54. The molecule has 6 heteroatoms. The summed E-state index contributed by atoms with van der Waals surface area (Å²) in [6, 6.07) is 9.90. The number of aryl methyl sites for hydroxylation is 2. The third-order valence-corrected chi connectivity index (χ3v) is 7.47. The topological polar surface area (TPSA) is 66.5 Å². The second-order valence-corrected chi connectivity index (χ2v) is 9.71. The molecular formula is C20H24N2O3S. The molecular weight excluding hydrogens is 348 g/mol. The number of nitrogens with zero attached hydrogens (tertiary/aromatic N) is 1. The SMILES string of the molecule is C[C@@H](Nc1ccc2c3c(cccc13)CC2)C(=O)N(C)[C@H]1CCS(=O)(=O)C1. The van der Waals surface area contributed by atoms with Crippen molar-refractivity contribution in [2.75, 3.05) is 23.9 Å². The number of likely N-dealkylation sites (N-methyl/N-ethyl adjacent to an activating group) is 1. The van der Waals surface area contributed by atoms with Crippen LogP contribution >= 0.6 is 0 Å². The standard InChI is InChI=1S/C20H24N2O3S/c1-13(20(23)22(2)16-10-11-26(24,25)12-16)21-18-9-8-15-7-6-14-4-3-5-17(18)19(14)15/h3-5,8-9,13,16,21H,6-7,10-12H2,1-2H3/t13-,16+/m1/s1. The van der Waals surface area contributed by atoms with Gasteiger partial charge in [0.15, 0.2) is 9.84 Å². The van der Waals surface area contributed by atoms with Gasteiger partial charge in [0.05, 0.1) is 11.5 Å². The van der Waals surface area contributed by atoms with Gasteiger partial charge in [-0.05, 0) is 48.8 Å². The number of carbonyl (C=O) groups is 1. The van der Waals surface area contributed by atoms with Gasteiger partial charge >= 0.3 is 0 Å². The van der Waals surface area contributed by atoms with E-state index < -0.39 is 15.9 Å². The highest BCUT2D eigenvalue weighted by Gasteiger charge is 2.34. The van der Waals surface area contributed by atoms with Crippen LogP contribution in [0.25, 0.3) is 10.8 Å². The molecule has 0 radical (unpaired) electrons. The van der Waals surface area contributed by atoms with Crippen LogP contribution in [0.1, 0.15) is 24.5 Å². The van der Waals surface area contributed by atoms with Crippen molar-refractivity contribution in [3.8, 4) is 0 Å². The van der Waals surface area contributed by atoms with Crippen LogP contribution in [0.4, 0.5) is 5.69 Å². The predicted octanol–water partition coefficient (Wildman–Crippen LogP) is 2.38. The van der Waals surface area contributed by atoms with E-state index in [1.807, 2.05) is 6.92 Å². The Morgan fingerprint density at radius 2 is 1.92 bits per heavy atom. The van der Waals surface area contributed by atoms with Crippen LogP contribution < -0.4 is 5.32 Å². The zero-order valence-corrected chi connectivity index (χ0v) is 16.0. The van der Waals surface area contributed by atoms with Crippen LogP contribution in [-0.2, 0) is 27.5 Å². The molecule has 0 spiro atoms. The molecule has 1 aliphatic carbocycles. The van der Waals surface area contributed by atoms with Crippen molar-refractivity contribution >= 4 is 32.2 Å². The minimum atomic E-state index is -3.00. The van der Waals surface area contributed by atoms with Gasteiger partial charge in [-0.3, -0.25) is 4.79 Å². The molecule has 2 atom stereocenters. The number of nitrogens with one attached hydrogen (secondary N) is 1. The van der Waals surface area contributed by atoms with Gasteiger partial charge in [-0.25, -0.2) is 8.42 Å². The van der Waals surface area contributed by atoms with E-state index in [0.29, 0.717) is 6.42 Å². The predicted molar refractivity (Wildman–Crippen MR) is 104 cm³/mol. The summed E-state index contributed by atoms with van der Waals surface area (Å²) < 4.78 is 23.4. The number of benzene rings is 2. The summed E-state index contributed by atoms with van der Waals surface area (Å²) in [6.07, 6.45) is 2.67. The highest BCUT2D eigenvalue weighted by atomic mass is 32.2. The Labute approximate surface area is 154 Å². The second kappa shape index (κ2) is 6.27. The van der Waals surface area contributed by atoms with E-state index in [9.17, 15) is 13.2 Å². The lowest BCUT2D eigenvalue weighted by atomic mass is 10.0. The van der Waals surface area contributed by atoms with E-state index in [1.165, 1.54) is 16.5 Å². The summed E-state index contributed by atoms with van der Waals surface area (Å²) in [5.74, 6) is 0.171. The highest BCUT2D eigenvalue weighted by Crippen LogP contribution is 2.35. The summed E-state index contributed by atoms with van der Waals surface area (Å²) in [5.41, 5.74) is 3.70. The summed E-state index contributed by atoms with van der Waals surface area (Å²) in [6.45, 7) is 1.84. The number of hydrogen-bond donors (Lipinski definition) is 1. The molecule has 26 heavy (non-hydrogen) atoms. The minimum Gasteiger partial charge on any atom is -0.373 e. The zero-order valence-electron chi connectivity index (χ0n) is 15.2. The first-order valence-corrected chi connectivity index (χ1v) is 10.9. The number of rotatable bonds is 4. The fourth-order valence-corrected chi connectivity index (χ4v) is 6.01. The van der Waals surface area contributed by atoms with Crippen LogP contribution in [0.5, 0.6) is 0 Å². The van der Waals surface area contributed by atoms with Gasteiger partial charge in [-0.1, -0.05) is 24.3 Å². The summed E-state index contributed by atoms with van der Waals surface area (Å²) in [5, 5.41) is 5.82. The first kappa shape index (κ1) is 17.3. The lowest BCUT2D eigenvalue weighted by Gasteiger charge is -2.27. The Morgan fingerprint density at radius 1 is 1.19 bits per heavy atom. The van der Waals surface area contributed by atoms with Crippen molar-refractivity contribution in [3.63, 3.8) is 0 Å². The number of anilines is 1. The number of carbonyl (C=O) groups excluding carboxylic acids is 1.